The molecule has 0 radical (unpaired) electrons. The van der Waals surface area contributed by atoms with Crippen LogP contribution in [0.2, 0.25) is 0 Å². The minimum Gasteiger partial charge on any atom is -0.487 e. The lowest BCUT2D eigenvalue weighted by Crippen LogP contribution is -2.60. The average Bonchev–Trinajstić information content (AvgIpc) is 4.12. The molecule has 3 heterocycles. The zero-order chi connectivity index (χ0) is 51.0. The normalized spacial score (nSPS) is 17.5. The van der Waals surface area contributed by atoms with Gasteiger partial charge >= 0.3 is 6.09 Å². The number of ether oxygens (including phenoxy) is 4. The zero-order valence-electron chi connectivity index (χ0n) is 40.8. The molecule has 4 atom stereocenters. The Morgan fingerprint density at radius 3 is 2.14 bits per heavy atom. The van der Waals surface area contributed by atoms with Gasteiger partial charge in [0.25, 0.3) is 0 Å². The largest absolute Gasteiger partial charge is 0.487 e. The van der Waals surface area contributed by atoms with Crippen molar-refractivity contribution in [2.24, 2.45) is 5.92 Å². The van der Waals surface area contributed by atoms with E-state index < -0.39 is 71.4 Å². The molecule has 5 amide bonds. The second kappa shape index (κ2) is 26.5. The Morgan fingerprint density at radius 1 is 0.819 bits per heavy atom. The van der Waals surface area contributed by atoms with Gasteiger partial charge in [0, 0.05) is 50.1 Å². The molecule has 7 rings (SSSR count). The van der Waals surface area contributed by atoms with E-state index in [0.717, 1.165) is 46.5 Å². The van der Waals surface area contributed by atoms with Crippen LogP contribution in [0.3, 0.4) is 0 Å². The third kappa shape index (κ3) is 13.8. The molecule has 20 heteroatoms. The molecule has 3 fully saturated rings. The predicted octanol–water partition coefficient (Wildman–Crippen LogP) is 5.82. The van der Waals surface area contributed by atoms with Crippen molar-refractivity contribution in [3.63, 3.8) is 0 Å². The molecule has 17 nitrogen and oxygen atoms in total. The lowest BCUT2D eigenvalue weighted by molar-refractivity contribution is -0.144. The predicted molar refractivity (Wildman–Crippen MR) is 266 cm³/mol. The van der Waals surface area contributed by atoms with Gasteiger partial charge in [-0.3, -0.25) is 24.1 Å². The summed E-state index contributed by atoms with van der Waals surface area (Å²) in [7, 11) is 1.29. The summed E-state index contributed by atoms with van der Waals surface area (Å²) in [6.45, 7) is 4.74. The van der Waals surface area contributed by atoms with Crippen LogP contribution in [0.1, 0.15) is 68.9 Å². The summed E-state index contributed by atoms with van der Waals surface area (Å²) in [6.07, 6.45) is 3.73. The first-order chi connectivity index (χ1) is 34.9. The van der Waals surface area contributed by atoms with Crippen LogP contribution in [-0.2, 0) is 33.4 Å². The zero-order valence-corrected chi connectivity index (χ0v) is 41.6. The lowest BCUT2D eigenvalue weighted by Gasteiger charge is -2.36. The van der Waals surface area contributed by atoms with Crippen molar-refractivity contribution in [2.45, 2.75) is 82.0 Å². The number of hydrogen-bond acceptors (Lipinski definition) is 12. The number of carbonyl (C=O) groups excluding carboxylic acids is 4. The summed E-state index contributed by atoms with van der Waals surface area (Å²) in [5, 5.41) is 20.9. The quantitative estimate of drug-likeness (QED) is 0.0650. The van der Waals surface area contributed by atoms with E-state index >= 15 is 4.39 Å². The molecule has 1 aromatic heterocycles. The summed E-state index contributed by atoms with van der Waals surface area (Å²) in [5.41, 5.74) is 2.35. The van der Waals surface area contributed by atoms with E-state index in [1.165, 1.54) is 36.3 Å². The van der Waals surface area contributed by atoms with Crippen molar-refractivity contribution in [1.29, 1.82) is 0 Å². The number of anilines is 1. The summed E-state index contributed by atoms with van der Waals surface area (Å²) in [6, 6.07) is 17.1. The summed E-state index contributed by atoms with van der Waals surface area (Å²) in [5.74, 6) is -5.23. The Bertz CT molecular complexity index is 2390. The molecule has 4 N–H and O–H groups in total. The van der Waals surface area contributed by atoms with Crippen LogP contribution < -0.4 is 25.6 Å². The van der Waals surface area contributed by atoms with Gasteiger partial charge < -0.3 is 49.8 Å². The van der Waals surface area contributed by atoms with Crippen molar-refractivity contribution >= 4 is 46.2 Å². The van der Waals surface area contributed by atoms with Gasteiger partial charge in [0.2, 0.25) is 29.4 Å². The maximum Gasteiger partial charge on any atom is 0.407 e. The highest BCUT2D eigenvalue weighted by molar-refractivity contribution is 7.14. The number of hydrogen-bond donors (Lipinski definition) is 4. The molecule has 3 aromatic carbocycles. The number of thiazole rings is 1. The first kappa shape index (κ1) is 53.6. The second-order valence-corrected chi connectivity index (χ2v) is 19.0. The van der Waals surface area contributed by atoms with E-state index in [9.17, 15) is 33.5 Å². The van der Waals surface area contributed by atoms with Crippen LogP contribution in [0.15, 0.2) is 78.2 Å². The first-order valence-corrected chi connectivity index (χ1v) is 25.6. The van der Waals surface area contributed by atoms with Crippen molar-refractivity contribution in [3.8, 4) is 17.0 Å². The fourth-order valence-electron chi connectivity index (χ4n) is 9.44. The highest BCUT2D eigenvalue weighted by Gasteiger charge is 2.43. The second-order valence-electron chi connectivity index (χ2n) is 18.1. The lowest BCUT2D eigenvalue weighted by atomic mass is 9.83. The number of likely N-dealkylation sites (tertiary alicyclic amines) is 1. The van der Waals surface area contributed by atoms with E-state index in [2.05, 4.69) is 25.8 Å². The molecule has 0 spiro atoms. The van der Waals surface area contributed by atoms with Gasteiger partial charge in [0.15, 0.2) is 16.7 Å². The number of aromatic nitrogens is 1. The maximum atomic E-state index is 15.0. The number of halogens is 2. The van der Waals surface area contributed by atoms with Crippen LogP contribution in [0.4, 0.5) is 18.7 Å². The Labute approximate surface area is 422 Å². The van der Waals surface area contributed by atoms with Gasteiger partial charge in [-0.05, 0) is 61.8 Å². The van der Waals surface area contributed by atoms with Gasteiger partial charge in [-0.2, -0.15) is 4.39 Å². The molecule has 1 aliphatic carbocycles. The van der Waals surface area contributed by atoms with Gasteiger partial charge in [-0.25, -0.2) is 14.2 Å². The van der Waals surface area contributed by atoms with Crippen LogP contribution in [0.25, 0.3) is 11.3 Å². The first-order valence-electron chi connectivity index (χ1n) is 24.7. The summed E-state index contributed by atoms with van der Waals surface area (Å²) < 4.78 is 51.9. The van der Waals surface area contributed by atoms with Gasteiger partial charge in [-0.1, -0.05) is 79.9 Å². The number of amides is 5. The average molecular weight is 1020 g/mol. The Morgan fingerprint density at radius 2 is 1.47 bits per heavy atom. The topological polar surface area (TPSA) is 201 Å². The Kier molecular flexibility index (Phi) is 19.7. The number of benzene rings is 3. The molecule has 388 valence electrons. The van der Waals surface area contributed by atoms with Crippen LogP contribution >= 0.6 is 11.3 Å². The third-order valence-corrected chi connectivity index (χ3v) is 14.4. The number of carboxylic acid groups (broad SMARTS) is 1. The van der Waals surface area contributed by atoms with Crippen LogP contribution in [0, 0.1) is 17.6 Å². The molecular formula is C52H65F2N7O10S. The van der Waals surface area contributed by atoms with Crippen molar-refractivity contribution in [1.82, 2.24) is 30.7 Å². The van der Waals surface area contributed by atoms with E-state index in [4.69, 9.17) is 18.9 Å². The molecule has 4 aromatic rings. The minimum atomic E-state index is -1.28. The minimum absolute atomic E-state index is 0.0524. The number of carbonyl (C=O) groups is 5. The Hall–Kier alpha value is -6.22. The third-order valence-electron chi connectivity index (χ3n) is 13.5. The Balaban J connectivity index is 0.952. The van der Waals surface area contributed by atoms with E-state index in [-0.39, 0.29) is 57.8 Å². The van der Waals surface area contributed by atoms with Crippen LogP contribution in [-0.4, -0.2) is 153 Å². The fraction of sp³-hybridized carbons (Fsp3) is 0.500. The van der Waals surface area contributed by atoms with Crippen molar-refractivity contribution in [3.05, 3.63) is 101 Å². The monoisotopic (exact) mass is 1020 g/mol. The summed E-state index contributed by atoms with van der Waals surface area (Å²) >= 11 is 1.40. The molecule has 2 aliphatic heterocycles. The standard InChI is InChI=1S/C52H65F2N7O10S/c1-34(59(2)52(66)67)47(62)57-44(37-17-10-5-11-18-37)50(65)61-23-12-19-41(61)48(63)58-45(42(35-13-6-3-7-14-35)36-15-8-4-9-16-36)49(64)55-22-26-68-29-30-70-31-32-71-46-38(20-21-39(53)43(46)54)40-33-72-51(56-40)60-24-27-69-28-25-60/h3-4,6-9,13-16,20-21,33-34,37,41-42,44-45H,5,10-12,17-19,22-32H2,1-2H3,(H,55,64)(H,57,62)(H,58,63)(H,66,67)/t34?,41?,44-,45?/m0/s1. The van der Waals surface area contributed by atoms with Crippen molar-refractivity contribution in [2.75, 3.05) is 84.4 Å². The smallest absolute Gasteiger partial charge is 0.407 e. The molecule has 2 saturated heterocycles. The molecular weight excluding hydrogens is 953 g/mol. The maximum absolute atomic E-state index is 15.0. The molecule has 3 unspecified atom stereocenters. The molecule has 3 aliphatic rings. The molecule has 1 saturated carbocycles. The fourth-order valence-corrected chi connectivity index (χ4v) is 10.3. The van der Waals surface area contributed by atoms with Crippen LogP contribution in [0.5, 0.6) is 5.75 Å². The molecule has 0 bridgehead atoms. The van der Waals surface area contributed by atoms with Gasteiger partial charge in [-0.15, -0.1) is 11.3 Å². The highest BCUT2D eigenvalue weighted by atomic mass is 32.1. The number of nitrogens with one attached hydrogen (secondary N) is 3. The number of rotatable bonds is 23. The van der Waals surface area contributed by atoms with E-state index in [1.807, 2.05) is 60.7 Å². The highest BCUT2D eigenvalue weighted by Crippen LogP contribution is 2.37. The molecule has 72 heavy (non-hydrogen) atoms. The van der Waals surface area contributed by atoms with Gasteiger partial charge in [0.05, 0.1) is 45.3 Å². The number of nitrogens with zero attached hydrogens (tertiary/aromatic N) is 4. The number of morpholine rings is 1. The van der Waals surface area contributed by atoms with E-state index in [1.54, 1.807) is 5.38 Å². The van der Waals surface area contributed by atoms with E-state index in [0.29, 0.717) is 63.2 Å². The number of likely N-dealkylation sites (N-methyl/N-ethyl adjacent to an activating group) is 1. The SMILES string of the molecule is CC(C(=O)N[C@H](C(=O)N1CCCC1C(=O)NC(C(=O)NCCOCCOCCOc1c(-c2csc(N3CCOCC3)n2)ccc(F)c1F)C(c1ccccc1)c1ccccc1)C1CCCCC1)N(C)C(=O)O. The summed E-state index contributed by atoms with van der Waals surface area (Å²) in [4.78, 5) is 77.8. The van der Waals surface area contributed by atoms with Gasteiger partial charge in [0.1, 0.15) is 30.8 Å². The van der Waals surface area contributed by atoms with Crippen molar-refractivity contribution < 1.29 is 56.8 Å².